The second-order valence-electron chi connectivity index (χ2n) is 10.1. The Labute approximate surface area is 247 Å². The molecule has 5 rings (SSSR count). The van der Waals surface area contributed by atoms with Gasteiger partial charge in [0.05, 0.1) is 25.8 Å². The molecule has 2 aromatic heterocycles. The lowest BCUT2D eigenvalue weighted by atomic mass is 10.1. The highest BCUT2D eigenvalue weighted by Crippen LogP contribution is 2.32. The van der Waals surface area contributed by atoms with Crippen LogP contribution in [0.15, 0.2) is 61.2 Å². The molecule has 14 nitrogen and oxygen atoms in total. The van der Waals surface area contributed by atoms with Crippen molar-refractivity contribution in [2.45, 2.75) is 37.4 Å². The Morgan fingerprint density at radius 3 is 2.21 bits per heavy atom. The van der Waals surface area contributed by atoms with Gasteiger partial charge in [0.25, 0.3) is 0 Å². The van der Waals surface area contributed by atoms with E-state index < -0.39 is 31.1 Å². The molecule has 4 atom stereocenters. The van der Waals surface area contributed by atoms with E-state index in [4.69, 9.17) is 4.74 Å². The van der Waals surface area contributed by atoms with Gasteiger partial charge in [-0.05, 0) is 42.4 Å². The molecule has 14 heteroatoms. The summed E-state index contributed by atoms with van der Waals surface area (Å²) in [6.07, 6.45) is -1.18. The second kappa shape index (κ2) is 13.7. The number of imidazole rings is 1. The number of anilines is 3. The van der Waals surface area contributed by atoms with Crippen molar-refractivity contribution < 1.29 is 29.6 Å². The van der Waals surface area contributed by atoms with Crippen LogP contribution in [-0.4, -0.2) is 91.7 Å². The topological polar surface area (TPSA) is 196 Å². The molecule has 0 unspecified atom stereocenters. The maximum absolute atomic E-state index is 12.6. The Morgan fingerprint density at radius 1 is 0.884 bits per heavy atom. The molecule has 3 heterocycles. The molecule has 0 bridgehead atoms. The summed E-state index contributed by atoms with van der Waals surface area (Å²) in [5, 5.41) is 41.8. The molecule has 1 aliphatic heterocycles. The van der Waals surface area contributed by atoms with Crippen LogP contribution in [0, 0.1) is 0 Å². The fraction of sp³-hybridized carbons (Fsp3) is 0.345. The van der Waals surface area contributed by atoms with Crippen molar-refractivity contribution in [1.29, 1.82) is 0 Å². The van der Waals surface area contributed by atoms with E-state index in [-0.39, 0.29) is 24.7 Å². The number of benzene rings is 2. The molecular weight excluding hydrogens is 556 g/mol. The van der Waals surface area contributed by atoms with Crippen LogP contribution in [0.3, 0.4) is 0 Å². The first kappa shape index (κ1) is 30.0. The second-order valence-corrected chi connectivity index (χ2v) is 10.1. The van der Waals surface area contributed by atoms with Gasteiger partial charge in [-0.1, -0.05) is 24.3 Å². The monoisotopic (exact) mass is 590 g/mol. The third-order valence-corrected chi connectivity index (χ3v) is 7.03. The van der Waals surface area contributed by atoms with E-state index in [1.165, 1.54) is 17.2 Å². The van der Waals surface area contributed by atoms with Gasteiger partial charge in [-0.15, -0.1) is 0 Å². The lowest BCUT2D eigenvalue weighted by Gasteiger charge is -2.16. The Balaban J connectivity index is 1.16. The van der Waals surface area contributed by atoms with Gasteiger partial charge >= 0.3 is 0 Å². The van der Waals surface area contributed by atoms with E-state index in [9.17, 15) is 24.9 Å². The Hall–Kier alpha value is -4.47. The Morgan fingerprint density at radius 2 is 1.56 bits per heavy atom. The molecule has 1 saturated heterocycles. The van der Waals surface area contributed by atoms with Gasteiger partial charge in [-0.3, -0.25) is 14.2 Å². The molecule has 7 N–H and O–H groups in total. The van der Waals surface area contributed by atoms with E-state index in [0.717, 1.165) is 11.1 Å². The van der Waals surface area contributed by atoms with Crippen molar-refractivity contribution in [3.8, 4) is 0 Å². The van der Waals surface area contributed by atoms with Crippen molar-refractivity contribution in [3.05, 3.63) is 72.3 Å². The van der Waals surface area contributed by atoms with Crippen LogP contribution in [0.1, 0.15) is 17.4 Å². The number of ether oxygens (including phenoxy) is 1. The number of hydrogen-bond donors (Lipinski definition) is 7. The van der Waals surface area contributed by atoms with Crippen LogP contribution in [0.25, 0.3) is 11.2 Å². The van der Waals surface area contributed by atoms with Crippen LogP contribution in [-0.2, 0) is 27.2 Å². The number of carbonyl (C=O) groups is 2. The number of hydrogen-bond acceptors (Lipinski definition) is 11. The van der Waals surface area contributed by atoms with E-state index in [1.54, 1.807) is 12.1 Å². The summed E-state index contributed by atoms with van der Waals surface area (Å²) in [5.74, 6) is 0.186. The smallest absolute Gasteiger partial charge is 0.228 e. The number of rotatable bonds is 12. The van der Waals surface area contributed by atoms with Crippen molar-refractivity contribution in [2.75, 3.05) is 37.4 Å². The summed E-state index contributed by atoms with van der Waals surface area (Å²) in [7, 11) is 1.83. The largest absolute Gasteiger partial charge is 0.394 e. The highest BCUT2D eigenvalue weighted by Gasteiger charge is 2.44. The van der Waals surface area contributed by atoms with Crippen molar-refractivity contribution >= 4 is 40.2 Å². The summed E-state index contributed by atoms with van der Waals surface area (Å²) >= 11 is 0. The number of aliphatic hydroxyl groups is 3. The zero-order valence-corrected chi connectivity index (χ0v) is 23.5. The van der Waals surface area contributed by atoms with Crippen molar-refractivity contribution in [2.24, 2.45) is 0 Å². The molecule has 43 heavy (non-hydrogen) atoms. The number of fused-ring (bicyclic) bond motifs is 1. The molecule has 0 spiro atoms. The summed E-state index contributed by atoms with van der Waals surface area (Å²) in [4.78, 5) is 37.5. The molecule has 2 aromatic carbocycles. The van der Waals surface area contributed by atoms with Gasteiger partial charge in [0, 0.05) is 24.5 Å². The van der Waals surface area contributed by atoms with Gasteiger partial charge in [0.2, 0.25) is 11.8 Å². The lowest BCUT2D eigenvalue weighted by Crippen LogP contribution is -2.33. The van der Waals surface area contributed by atoms with Gasteiger partial charge in [0.15, 0.2) is 23.2 Å². The minimum absolute atomic E-state index is 0.0556. The number of nitrogens with one attached hydrogen (secondary N) is 4. The molecule has 0 aliphatic carbocycles. The minimum Gasteiger partial charge on any atom is -0.394 e. The maximum atomic E-state index is 12.6. The average Bonchev–Trinajstić information content (AvgIpc) is 3.56. The van der Waals surface area contributed by atoms with E-state index in [2.05, 4.69) is 36.2 Å². The minimum atomic E-state index is -1.27. The predicted molar refractivity (Wildman–Crippen MR) is 157 cm³/mol. The highest BCUT2D eigenvalue weighted by atomic mass is 16.6. The SMILES string of the molecule is CNCCNC(=O)Cc1ccc(NC(=O)Cc2ccc(Nc3ncnc4c3ncn4[C@@H]3O[C@H](CO)[C@@H](O)[C@H]3O)cc2)cc1. The summed E-state index contributed by atoms with van der Waals surface area (Å²) in [6, 6.07) is 14.5. The summed E-state index contributed by atoms with van der Waals surface area (Å²) in [5.41, 5.74) is 3.81. The number of amides is 2. The zero-order valence-electron chi connectivity index (χ0n) is 23.5. The van der Waals surface area contributed by atoms with Crippen LogP contribution in [0.2, 0.25) is 0 Å². The molecule has 4 aromatic rings. The van der Waals surface area contributed by atoms with Gasteiger partial charge in [0.1, 0.15) is 24.6 Å². The number of likely N-dealkylation sites (N-methyl/N-ethyl adjacent to an activating group) is 1. The molecule has 0 radical (unpaired) electrons. The number of carbonyl (C=O) groups excluding carboxylic acids is 2. The third kappa shape index (κ3) is 7.13. The lowest BCUT2D eigenvalue weighted by molar-refractivity contribution is -0.120. The number of aromatic nitrogens is 4. The number of nitrogens with zero attached hydrogens (tertiary/aromatic N) is 4. The first-order valence-corrected chi connectivity index (χ1v) is 13.8. The highest BCUT2D eigenvalue weighted by molar-refractivity contribution is 5.92. The Bertz CT molecular complexity index is 1550. The molecule has 1 aliphatic rings. The van der Waals surface area contributed by atoms with Crippen LogP contribution >= 0.6 is 0 Å². The van der Waals surface area contributed by atoms with Crippen molar-refractivity contribution in [1.82, 2.24) is 30.2 Å². The summed E-state index contributed by atoms with van der Waals surface area (Å²) < 4.78 is 7.10. The first-order valence-electron chi connectivity index (χ1n) is 13.8. The van der Waals surface area contributed by atoms with E-state index in [0.29, 0.717) is 41.4 Å². The molecule has 1 fully saturated rings. The third-order valence-electron chi connectivity index (χ3n) is 7.03. The molecular formula is C29H34N8O6. The average molecular weight is 591 g/mol. The molecule has 226 valence electrons. The predicted octanol–water partition coefficient (Wildman–Crippen LogP) is 0.241. The first-order chi connectivity index (χ1) is 20.9. The normalized spacial score (nSPS) is 19.8. The standard InChI is InChI=1S/C29H34N8O6/c1-30-10-11-31-22(39)12-17-2-6-19(7-3-17)35-23(40)13-18-4-8-20(9-5-18)36-27-24-28(33-15-32-27)37(16-34-24)29-26(42)25(41)21(14-38)43-29/h2-9,15-16,21,25-26,29-30,38,41-42H,10-14H2,1H3,(H,31,39)(H,35,40)(H,32,33,36)/t21-,25-,26-,29-/m1/s1. The Kier molecular flexibility index (Phi) is 9.54. The van der Waals surface area contributed by atoms with E-state index in [1.807, 2.05) is 43.4 Å². The maximum Gasteiger partial charge on any atom is 0.228 e. The van der Waals surface area contributed by atoms with Crippen LogP contribution < -0.4 is 21.3 Å². The van der Waals surface area contributed by atoms with Crippen LogP contribution in [0.4, 0.5) is 17.2 Å². The van der Waals surface area contributed by atoms with Crippen LogP contribution in [0.5, 0.6) is 0 Å². The number of aliphatic hydroxyl groups excluding tert-OH is 3. The molecule has 2 amide bonds. The fourth-order valence-corrected chi connectivity index (χ4v) is 4.75. The van der Waals surface area contributed by atoms with Gasteiger partial charge < -0.3 is 41.3 Å². The van der Waals surface area contributed by atoms with E-state index >= 15 is 0 Å². The fourth-order valence-electron chi connectivity index (χ4n) is 4.75. The van der Waals surface area contributed by atoms with Gasteiger partial charge in [-0.25, -0.2) is 15.0 Å². The van der Waals surface area contributed by atoms with Crippen molar-refractivity contribution in [3.63, 3.8) is 0 Å². The van der Waals surface area contributed by atoms with Gasteiger partial charge in [-0.2, -0.15) is 0 Å². The quantitative estimate of drug-likeness (QED) is 0.112. The molecule has 0 saturated carbocycles. The zero-order chi connectivity index (χ0) is 30.3. The summed E-state index contributed by atoms with van der Waals surface area (Å²) in [6.45, 7) is 0.835.